The molecule has 0 spiro atoms. The molecule has 1 aliphatic carbocycles. The molecule has 0 aliphatic heterocycles. The molecule has 0 aromatic rings. The molecule has 0 unspecified atom stereocenters. The van der Waals surface area contributed by atoms with Crippen LogP contribution >= 0.6 is 0 Å². The summed E-state index contributed by atoms with van der Waals surface area (Å²) in [7, 11) is 0. The van der Waals surface area contributed by atoms with Gasteiger partial charge in [-0.05, 0) is 18.9 Å². The fraction of sp³-hybridized carbons (Fsp3) is 0.333. The van der Waals surface area contributed by atoms with Crippen molar-refractivity contribution in [2.45, 2.75) is 12.8 Å². The lowest BCUT2D eigenvalue weighted by atomic mass is 10.1. The van der Waals surface area contributed by atoms with E-state index in [0.717, 1.165) is 18.5 Å². The van der Waals surface area contributed by atoms with Gasteiger partial charge in [0.25, 0.3) is 0 Å². The maximum absolute atomic E-state index is 5.15. The summed E-state index contributed by atoms with van der Waals surface area (Å²) < 4.78 is 0. The van der Waals surface area contributed by atoms with Gasteiger partial charge in [0.15, 0.2) is 0 Å². The van der Waals surface area contributed by atoms with Crippen LogP contribution in [-0.4, -0.2) is 0 Å². The molecule has 1 aliphatic rings. The third-order valence-electron chi connectivity index (χ3n) is 1.20. The molecule has 2 heteroatoms. The number of hydrazine groups is 1. The molecule has 3 N–H and O–H groups in total. The van der Waals surface area contributed by atoms with Crippen LogP contribution in [0.4, 0.5) is 0 Å². The van der Waals surface area contributed by atoms with Gasteiger partial charge in [-0.25, -0.2) is 0 Å². The van der Waals surface area contributed by atoms with Gasteiger partial charge in [-0.3, -0.25) is 5.84 Å². The summed E-state index contributed by atoms with van der Waals surface area (Å²) in [4.78, 5) is 0. The minimum atomic E-state index is 1.05. The number of nitrogens with one attached hydrogen (secondary N) is 1. The molecular weight excluding hydrogens is 100 g/mol. The maximum Gasteiger partial charge on any atom is 0.0262 e. The van der Waals surface area contributed by atoms with E-state index in [9.17, 15) is 0 Å². The SMILES string of the molecule is NNC1=CC=CCC1. The molecule has 0 saturated carbocycles. The van der Waals surface area contributed by atoms with Crippen molar-refractivity contribution >= 4 is 0 Å². The number of allylic oxidation sites excluding steroid dienone is 4. The van der Waals surface area contributed by atoms with Gasteiger partial charge in [0.2, 0.25) is 0 Å². The lowest BCUT2D eigenvalue weighted by Gasteiger charge is -2.05. The Balaban J connectivity index is 2.50. The molecule has 2 nitrogen and oxygen atoms in total. The molecule has 44 valence electrons. The van der Waals surface area contributed by atoms with Gasteiger partial charge in [-0.1, -0.05) is 12.2 Å². The van der Waals surface area contributed by atoms with Crippen LogP contribution in [0.3, 0.4) is 0 Å². The third kappa shape index (κ3) is 1.10. The fourth-order valence-corrected chi connectivity index (χ4v) is 0.723. The molecule has 0 amide bonds. The smallest absolute Gasteiger partial charge is 0.0262 e. The number of hydrogen-bond donors (Lipinski definition) is 2. The van der Waals surface area contributed by atoms with Gasteiger partial charge in [-0.15, -0.1) is 0 Å². The van der Waals surface area contributed by atoms with Crippen molar-refractivity contribution in [3.8, 4) is 0 Å². The first-order valence-corrected chi connectivity index (χ1v) is 2.76. The lowest BCUT2D eigenvalue weighted by molar-refractivity contribution is 0.789. The zero-order chi connectivity index (χ0) is 5.82. The van der Waals surface area contributed by atoms with Crippen molar-refractivity contribution in [2.24, 2.45) is 5.84 Å². The minimum absolute atomic E-state index is 1.05. The highest BCUT2D eigenvalue weighted by molar-refractivity contribution is 5.15. The van der Waals surface area contributed by atoms with Gasteiger partial charge in [0.1, 0.15) is 0 Å². The molecule has 0 fully saturated rings. The van der Waals surface area contributed by atoms with Crippen molar-refractivity contribution in [1.82, 2.24) is 5.43 Å². The van der Waals surface area contributed by atoms with Crippen LogP contribution < -0.4 is 11.3 Å². The summed E-state index contributed by atoms with van der Waals surface area (Å²) >= 11 is 0. The molecule has 1 rings (SSSR count). The van der Waals surface area contributed by atoms with Crippen LogP contribution in [0.5, 0.6) is 0 Å². The normalized spacial score (nSPS) is 17.9. The van der Waals surface area contributed by atoms with E-state index in [4.69, 9.17) is 5.84 Å². The lowest BCUT2D eigenvalue weighted by Crippen LogP contribution is -2.21. The van der Waals surface area contributed by atoms with E-state index < -0.39 is 0 Å². The molecule has 0 radical (unpaired) electrons. The van der Waals surface area contributed by atoms with Crippen LogP contribution in [0.15, 0.2) is 23.9 Å². The highest BCUT2D eigenvalue weighted by Gasteiger charge is 1.93. The molecule has 0 aromatic heterocycles. The minimum Gasteiger partial charge on any atom is -0.328 e. The predicted molar refractivity (Wildman–Crippen MR) is 33.8 cm³/mol. The van der Waals surface area contributed by atoms with Gasteiger partial charge in [0.05, 0.1) is 0 Å². The number of hydrogen-bond acceptors (Lipinski definition) is 2. The average molecular weight is 110 g/mol. The third-order valence-corrected chi connectivity index (χ3v) is 1.20. The van der Waals surface area contributed by atoms with Crippen LogP contribution in [0.1, 0.15) is 12.8 Å². The number of nitrogens with two attached hydrogens (primary N) is 1. The Hall–Kier alpha value is -0.760. The van der Waals surface area contributed by atoms with Crippen LogP contribution in [0.25, 0.3) is 0 Å². The largest absolute Gasteiger partial charge is 0.328 e. The Morgan fingerprint density at radius 2 is 2.50 bits per heavy atom. The van der Waals surface area contributed by atoms with E-state index in [1.54, 1.807) is 0 Å². The van der Waals surface area contributed by atoms with E-state index in [2.05, 4.69) is 11.5 Å². The summed E-state index contributed by atoms with van der Waals surface area (Å²) in [5, 5.41) is 0. The Morgan fingerprint density at radius 1 is 1.62 bits per heavy atom. The summed E-state index contributed by atoms with van der Waals surface area (Å²) in [6, 6.07) is 0. The Kier molecular flexibility index (Phi) is 1.70. The molecule has 0 atom stereocenters. The van der Waals surface area contributed by atoms with E-state index in [0.29, 0.717) is 0 Å². The molecule has 0 bridgehead atoms. The van der Waals surface area contributed by atoms with Gasteiger partial charge >= 0.3 is 0 Å². The van der Waals surface area contributed by atoms with Crippen molar-refractivity contribution in [1.29, 1.82) is 0 Å². The predicted octanol–water partition coefficient (Wildman–Crippen LogP) is 0.684. The first-order chi connectivity index (χ1) is 3.93. The summed E-state index contributed by atoms with van der Waals surface area (Å²) in [5.41, 5.74) is 3.73. The van der Waals surface area contributed by atoms with Crippen LogP contribution in [0, 0.1) is 0 Å². The van der Waals surface area contributed by atoms with E-state index in [1.165, 1.54) is 0 Å². The Morgan fingerprint density at radius 3 is 2.88 bits per heavy atom. The van der Waals surface area contributed by atoms with E-state index in [1.807, 2.05) is 12.2 Å². The average Bonchev–Trinajstić information content (AvgIpc) is 1.90. The molecule has 0 saturated heterocycles. The highest BCUT2D eigenvalue weighted by Crippen LogP contribution is 2.06. The second kappa shape index (κ2) is 2.52. The first-order valence-electron chi connectivity index (χ1n) is 2.76. The first kappa shape index (κ1) is 5.38. The Labute approximate surface area is 49.0 Å². The Bertz CT molecular complexity index is 124. The van der Waals surface area contributed by atoms with Crippen LogP contribution in [0.2, 0.25) is 0 Å². The van der Waals surface area contributed by atoms with Crippen molar-refractivity contribution in [2.75, 3.05) is 0 Å². The van der Waals surface area contributed by atoms with E-state index in [-0.39, 0.29) is 0 Å². The maximum atomic E-state index is 5.15. The summed E-state index contributed by atoms with van der Waals surface area (Å²) in [6.07, 6.45) is 8.28. The second-order valence-corrected chi connectivity index (χ2v) is 1.80. The van der Waals surface area contributed by atoms with Crippen LogP contribution in [-0.2, 0) is 0 Å². The van der Waals surface area contributed by atoms with Gasteiger partial charge in [-0.2, -0.15) is 0 Å². The summed E-state index contributed by atoms with van der Waals surface area (Å²) in [6.45, 7) is 0. The molecule has 0 heterocycles. The monoisotopic (exact) mass is 110 g/mol. The molecule has 8 heavy (non-hydrogen) atoms. The molecular formula is C6H10N2. The fourth-order valence-electron chi connectivity index (χ4n) is 0.723. The second-order valence-electron chi connectivity index (χ2n) is 1.80. The molecule has 0 aromatic carbocycles. The van der Waals surface area contributed by atoms with Crippen molar-refractivity contribution in [3.05, 3.63) is 23.9 Å². The van der Waals surface area contributed by atoms with Gasteiger partial charge in [0, 0.05) is 5.70 Å². The quantitative estimate of drug-likeness (QED) is 0.385. The van der Waals surface area contributed by atoms with Gasteiger partial charge < -0.3 is 5.43 Å². The van der Waals surface area contributed by atoms with Crippen molar-refractivity contribution < 1.29 is 0 Å². The highest BCUT2D eigenvalue weighted by atomic mass is 15.2. The standard InChI is InChI=1S/C6H10N2/c7-8-6-4-2-1-3-5-6/h1-2,4,8H,3,5,7H2. The van der Waals surface area contributed by atoms with Crippen molar-refractivity contribution in [3.63, 3.8) is 0 Å². The van der Waals surface area contributed by atoms with E-state index >= 15 is 0 Å². The number of rotatable bonds is 1. The summed E-state index contributed by atoms with van der Waals surface area (Å²) in [5.74, 6) is 5.15. The topological polar surface area (TPSA) is 38.0 Å². The zero-order valence-corrected chi connectivity index (χ0v) is 4.72. The zero-order valence-electron chi connectivity index (χ0n) is 4.72.